The second-order valence-electron chi connectivity index (χ2n) is 3.67. The molecule has 1 aliphatic rings. The summed E-state index contributed by atoms with van der Waals surface area (Å²) in [4.78, 5) is 0. The first-order valence-electron chi connectivity index (χ1n) is 4.29. The summed E-state index contributed by atoms with van der Waals surface area (Å²) in [5.41, 5.74) is 0. The number of hydrogen-bond donors (Lipinski definition) is 3. The van der Waals surface area contributed by atoms with E-state index in [9.17, 15) is 14.6 Å². The predicted molar refractivity (Wildman–Crippen MR) is 42.6 cm³/mol. The molecule has 1 aliphatic heterocycles. The molecule has 3 unspecified atom stereocenters. The number of halogens is 1. The highest BCUT2D eigenvalue weighted by atomic mass is 19.1. The average molecular weight is 194 g/mol. The lowest BCUT2D eigenvalue weighted by Crippen LogP contribution is -2.57. The van der Waals surface area contributed by atoms with Crippen LogP contribution in [-0.2, 0) is 4.74 Å². The van der Waals surface area contributed by atoms with Crippen LogP contribution in [0.25, 0.3) is 0 Å². The van der Waals surface area contributed by atoms with Crippen molar-refractivity contribution in [2.45, 2.75) is 44.6 Å². The van der Waals surface area contributed by atoms with Gasteiger partial charge in [0.2, 0.25) is 6.36 Å². The van der Waals surface area contributed by atoms with E-state index in [1.54, 1.807) is 13.8 Å². The molecule has 0 saturated carbocycles. The van der Waals surface area contributed by atoms with Crippen molar-refractivity contribution in [1.29, 1.82) is 0 Å². The van der Waals surface area contributed by atoms with Crippen molar-refractivity contribution in [3.63, 3.8) is 0 Å². The summed E-state index contributed by atoms with van der Waals surface area (Å²) in [6, 6.07) is 0. The lowest BCUT2D eigenvalue weighted by atomic mass is 9.92. The number of alkyl halides is 1. The molecule has 13 heavy (non-hydrogen) atoms. The third-order valence-corrected chi connectivity index (χ3v) is 2.25. The molecule has 1 fully saturated rings. The van der Waals surface area contributed by atoms with Crippen LogP contribution in [0.3, 0.4) is 0 Å². The molecule has 1 saturated heterocycles. The van der Waals surface area contributed by atoms with Crippen LogP contribution < -0.4 is 0 Å². The van der Waals surface area contributed by atoms with Gasteiger partial charge in [-0.25, -0.2) is 4.39 Å². The third kappa shape index (κ3) is 1.99. The summed E-state index contributed by atoms with van der Waals surface area (Å²) in [7, 11) is 0. The minimum atomic E-state index is -1.93. The molecule has 5 heteroatoms. The number of aliphatic hydroxyl groups is 3. The van der Waals surface area contributed by atoms with E-state index in [1.807, 2.05) is 0 Å². The highest BCUT2D eigenvalue weighted by Gasteiger charge is 2.44. The molecule has 0 aromatic rings. The summed E-state index contributed by atoms with van der Waals surface area (Å²) in [6.07, 6.45) is -7.07. The Kier molecular flexibility index (Phi) is 3.23. The second kappa shape index (κ2) is 3.88. The van der Waals surface area contributed by atoms with E-state index in [0.29, 0.717) is 0 Å². The van der Waals surface area contributed by atoms with Crippen molar-refractivity contribution >= 4 is 0 Å². The zero-order valence-corrected chi connectivity index (χ0v) is 7.59. The zero-order chi connectivity index (χ0) is 10.2. The van der Waals surface area contributed by atoms with Gasteiger partial charge in [-0.15, -0.1) is 0 Å². The molecule has 5 atom stereocenters. The molecule has 0 radical (unpaired) electrons. The third-order valence-electron chi connectivity index (χ3n) is 2.25. The number of ether oxygens (including phenoxy) is 1. The Morgan fingerprint density at radius 1 is 1.08 bits per heavy atom. The molecule has 3 N–H and O–H groups in total. The topological polar surface area (TPSA) is 69.9 Å². The van der Waals surface area contributed by atoms with Crippen LogP contribution in [0.15, 0.2) is 0 Å². The maximum atomic E-state index is 12.9. The Morgan fingerprint density at radius 3 is 2.08 bits per heavy atom. The van der Waals surface area contributed by atoms with E-state index in [4.69, 9.17) is 9.84 Å². The fourth-order valence-corrected chi connectivity index (χ4v) is 1.41. The van der Waals surface area contributed by atoms with Crippen molar-refractivity contribution in [2.24, 2.45) is 5.92 Å². The van der Waals surface area contributed by atoms with Crippen LogP contribution in [0.4, 0.5) is 4.39 Å². The molecule has 1 heterocycles. The fraction of sp³-hybridized carbons (Fsp3) is 1.00. The number of aliphatic hydroxyl groups excluding tert-OH is 3. The van der Waals surface area contributed by atoms with Crippen molar-refractivity contribution in [3.05, 3.63) is 0 Å². The van der Waals surface area contributed by atoms with Gasteiger partial charge in [-0.1, -0.05) is 13.8 Å². The average Bonchev–Trinajstić information content (AvgIpc) is 2.07. The van der Waals surface area contributed by atoms with Crippen LogP contribution in [-0.4, -0.2) is 46.1 Å². The van der Waals surface area contributed by atoms with E-state index < -0.39 is 30.8 Å². The van der Waals surface area contributed by atoms with E-state index in [2.05, 4.69) is 0 Å². The maximum absolute atomic E-state index is 12.9. The Morgan fingerprint density at radius 2 is 1.62 bits per heavy atom. The molecule has 1 rings (SSSR count). The van der Waals surface area contributed by atoms with Gasteiger partial charge in [0.25, 0.3) is 0 Å². The highest BCUT2D eigenvalue weighted by molar-refractivity contribution is 4.89. The molecule has 0 amide bonds. The molecule has 0 spiro atoms. The molecule has 0 aromatic carbocycles. The van der Waals surface area contributed by atoms with Crippen molar-refractivity contribution < 1.29 is 24.4 Å². The van der Waals surface area contributed by atoms with E-state index in [0.717, 1.165) is 0 Å². The van der Waals surface area contributed by atoms with Crippen LogP contribution in [0.5, 0.6) is 0 Å². The standard InChI is InChI=1S/C8H15FO4/c1-3(2)7-5(11)4(10)6(12)8(9)13-7/h3-8,10-12H,1-2H3/t4?,5?,6-,7-,8?/m0/s1. The summed E-state index contributed by atoms with van der Waals surface area (Å²) < 4.78 is 17.6. The lowest BCUT2D eigenvalue weighted by molar-refractivity contribution is -0.265. The lowest BCUT2D eigenvalue weighted by Gasteiger charge is -2.39. The van der Waals surface area contributed by atoms with Crippen molar-refractivity contribution in [3.8, 4) is 0 Å². The van der Waals surface area contributed by atoms with E-state index in [-0.39, 0.29) is 5.92 Å². The summed E-state index contributed by atoms with van der Waals surface area (Å²) in [5, 5.41) is 27.6. The van der Waals surface area contributed by atoms with Gasteiger partial charge in [-0.3, -0.25) is 0 Å². The first kappa shape index (κ1) is 10.8. The second-order valence-corrected chi connectivity index (χ2v) is 3.67. The first-order chi connectivity index (χ1) is 5.95. The molecule has 4 nitrogen and oxygen atoms in total. The molecular formula is C8H15FO4. The Labute approximate surface area is 75.9 Å². The van der Waals surface area contributed by atoms with Gasteiger partial charge >= 0.3 is 0 Å². The van der Waals surface area contributed by atoms with Gasteiger partial charge in [-0.2, -0.15) is 0 Å². The van der Waals surface area contributed by atoms with Gasteiger partial charge in [0.1, 0.15) is 18.3 Å². The monoisotopic (exact) mass is 194 g/mol. The number of hydrogen-bond acceptors (Lipinski definition) is 4. The molecular weight excluding hydrogens is 179 g/mol. The van der Waals surface area contributed by atoms with Gasteiger partial charge in [0, 0.05) is 0 Å². The molecule has 0 aliphatic carbocycles. The Hall–Kier alpha value is -0.230. The SMILES string of the molecule is CC(C)[C@@H]1OC(F)[C@@H](O)C(O)C1O. The normalized spacial score (nSPS) is 46.8. The minimum absolute atomic E-state index is 0.115. The van der Waals surface area contributed by atoms with E-state index in [1.165, 1.54) is 0 Å². The van der Waals surface area contributed by atoms with Crippen LogP contribution in [0.2, 0.25) is 0 Å². The Balaban J connectivity index is 2.70. The smallest absolute Gasteiger partial charge is 0.228 e. The summed E-state index contributed by atoms with van der Waals surface area (Å²) in [6.45, 7) is 3.48. The van der Waals surface area contributed by atoms with Crippen LogP contribution >= 0.6 is 0 Å². The van der Waals surface area contributed by atoms with Gasteiger partial charge in [0.15, 0.2) is 0 Å². The number of rotatable bonds is 1. The van der Waals surface area contributed by atoms with Crippen molar-refractivity contribution in [1.82, 2.24) is 0 Å². The minimum Gasteiger partial charge on any atom is -0.388 e. The van der Waals surface area contributed by atoms with Gasteiger partial charge in [-0.05, 0) is 5.92 Å². The predicted octanol–water partition coefficient (Wildman–Crippen LogP) is -0.581. The van der Waals surface area contributed by atoms with Gasteiger partial charge < -0.3 is 20.1 Å². The quantitative estimate of drug-likeness (QED) is 0.522. The first-order valence-corrected chi connectivity index (χ1v) is 4.29. The Bertz CT molecular complexity index is 176. The fourth-order valence-electron chi connectivity index (χ4n) is 1.41. The summed E-state index contributed by atoms with van der Waals surface area (Å²) >= 11 is 0. The molecule has 0 bridgehead atoms. The van der Waals surface area contributed by atoms with Gasteiger partial charge in [0.05, 0.1) is 6.10 Å². The van der Waals surface area contributed by atoms with E-state index >= 15 is 0 Å². The highest BCUT2D eigenvalue weighted by Crippen LogP contribution is 2.26. The maximum Gasteiger partial charge on any atom is 0.228 e. The van der Waals surface area contributed by atoms with Crippen molar-refractivity contribution in [2.75, 3.05) is 0 Å². The molecule has 0 aromatic heterocycles. The largest absolute Gasteiger partial charge is 0.388 e. The molecule has 78 valence electrons. The van der Waals surface area contributed by atoms with Crippen LogP contribution in [0.1, 0.15) is 13.8 Å². The summed E-state index contributed by atoms with van der Waals surface area (Å²) in [5.74, 6) is -0.115. The zero-order valence-electron chi connectivity index (χ0n) is 7.59. The van der Waals surface area contributed by atoms with Crippen LogP contribution in [0, 0.1) is 5.92 Å².